The summed E-state index contributed by atoms with van der Waals surface area (Å²) in [5.41, 5.74) is 0. The minimum absolute atomic E-state index is 0.00455. The van der Waals surface area contributed by atoms with E-state index in [1.807, 2.05) is 7.05 Å². The first-order valence-corrected chi connectivity index (χ1v) is 7.88. The van der Waals surface area contributed by atoms with Crippen molar-refractivity contribution in [2.45, 2.75) is 38.5 Å². The van der Waals surface area contributed by atoms with E-state index in [-0.39, 0.29) is 12.5 Å². The summed E-state index contributed by atoms with van der Waals surface area (Å²) in [6.07, 6.45) is 4.91. The van der Waals surface area contributed by atoms with Crippen LogP contribution in [0.3, 0.4) is 0 Å². The predicted octanol–water partition coefficient (Wildman–Crippen LogP) is 1.61. The third-order valence-electron chi connectivity index (χ3n) is 3.96. The Morgan fingerprint density at radius 3 is 2.62 bits per heavy atom. The highest BCUT2D eigenvalue weighted by Gasteiger charge is 2.22. The number of nitrogens with one attached hydrogen (secondary N) is 1. The molecule has 21 heavy (non-hydrogen) atoms. The summed E-state index contributed by atoms with van der Waals surface area (Å²) >= 11 is 0. The molecule has 1 atom stereocenters. The van der Waals surface area contributed by atoms with Crippen molar-refractivity contribution in [1.82, 2.24) is 15.1 Å². The molecule has 1 fully saturated rings. The van der Waals surface area contributed by atoms with Crippen molar-refractivity contribution >= 4 is 12.0 Å². The van der Waals surface area contributed by atoms with E-state index in [0.29, 0.717) is 12.5 Å². The minimum Gasteiger partial charge on any atom is -0.481 e. The highest BCUT2D eigenvalue weighted by atomic mass is 16.4. The van der Waals surface area contributed by atoms with Gasteiger partial charge in [-0.1, -0.05) is 12.8 Å². The highest BCUT2D eigenvalue weighted by molar-refractivity contribution is 5.73. The average molecular weight is 299 g/mol. The smallest absolute Gasteiger partial charge is 0.317 e. The summed E-state index contributed by atoms with van der Waals surface area (Å²) in [5.74, 6) is -0.149. The Morgan fingerprint density at radius 1 is 1.29 bits per heavy atom. The molecule has 2 amide bonds. The van der Waals surface area contributed by atoms with Gasteiger partial charge in [0.15, 0.2) is 0 Å². The molecule has 0 radical (unpaired) electrons. The molecule has 0 spiro atoms. The summed E-state index contributed by atoms with van der Waals surface area (Å²) in [4.78, 5) is 26.3. The Kier molecular flexibility index (Phi) is 8.12. The summed E-state index contributed by atoms with van der Waals surface area (Å²) in [6, 6.07) is -0.00455. The summed E-state index contributed by atoms with van der Waals surface area (Å²) in [5, 5.41) is 11.4. The van der Waals surface area contributed by atoms with Gasteiger partial charge in [-0.3, -0.25) is 4.79 Å². The Morgan fingerprint density at radius 2 is 2.00 bits per heavy atom. The monoisotopic (exact) mass is 299 g/mol. The molecule has 0 aromatic rings. The molecule has 0 aromatic carbocycles. The Hall–Kier alpha value is -1.30. The van der Waals surface area contributed by atoms with E-state index < -0.39 is 5.97 Å². The number of amides is 2. The zero-order chi connectivity index (χ0) is 15.7. The lowest BCUT2D eigenvalue weighted by atomic mass is 10.1. The molecule has 1 unspecified atom stereocenters. The third-order valence-corrected chi connectivity index (χ3v) is 3.96. The highest BCUT2D eigenvalue weighted by Crippen LogP contribution is 2.15. The van der Waals surface area contributed by atoms with Crippen LogP contribution >= 0.6 is 0 Å². The van der Waals surface area contributed by atoms with Gasteiger partial charge in [-0.15, -0.1) is 0 Å². The van der Waals surface area contributed by atoms with Crippen LogP contribution in [0.2, 0.25) is 0 Å². The molecular weight excluding hydrogens is 270 g/mol. The van der Waals surface area contributed by atoms with Crippen LogP contribution in [0.25, 0.3) is 0 Å². The molecule has 1 heterocycles. The van der Waals surface area contributed by atoms with Gasteiger partial charge in [0.25, 0.3) is 0 Å². The summed E-state index contributed by atoms with van der Waals surface area (Å²) in [6.45, 7) is 3.67. The lowest BCUT2D eigenvalue weighted by Gasteiger charge is -2.21. The lowest BCUT2D eigenvalue weighted by molar-refractivity contribution is -0.137. The fourth-order valence-corrected chi connectivity index (χ4v) is 2.73. The van der Waals surface area contributed by atoms with Crippen LogP contribution in [0.4, 0.5) is 4.79 Å². The quantitative estimate of drug-likeness (QED) is 0.635. The average Bonchev–Trinajstić information content (AvgIpc) is 2.82. The van der Waals surface area contributed by atoms with Gasteiger partial charge in [0.05, 0.1) is 0 Å². The van der Waals surface area contributed by atoms with Gasteiger partial charge >= 0.3 is 12.0 Å². The van der Waals surface area contributed by atoms with Crippen LogP contribution in [0.5, 0.6) is 0 Å². The van der Waals surface area contributed by atoms with Gasteiger partial charge in [-0.25, -0.2) is 4.79 Å². The van der Waals surface area contributed by atoms with Crippen molar-refractivity contribution in [3.63, 3.8) is 0 Å². The second-order valence-corrected chi connectivity index (χ2v) is 6.09. The van der Waals surface area contributed by atoms with Gasteiger partial charge in [-0.2, -0.15) is 0 Å². The van der Waals surface area contributed by atoms with Gasteiger partial charge in [0, 0.05) is 33.1 Å². The number of carbonyl (C=O) groups excluding carboxylic acids is 1. The number of carboxylic acid groups (broad SMARTS) is 1. The molecule has 122 valence electrons. The second kappa shape index (κ2) is 9.60. The summed E-state index contributed by atoms with van der Waals surface area (Å²) in [7, 11) is 3.96. The molecular formula is C15H29N3O3. The van der Waals surface area contributed by atoms with Crippen molar-refractivity contribution in [2.75, 3.05) is 40.3 Å². The molecule has 0 aliphatic carbocycles. The normalized spacial score (nSPS) is 18.7. The molecule has 0 saturated carbocycles. The Bertz CT molecular complexity index is 336. The van der Waals surface area contributed by atoms with Crippen molar-refractivity contribution < 1.29 is 14.7 Å². The van der Waals surface area contributed by atoms with Crippen molar-refractivity contribution in [3.05, 3.63) is 0 Å². The second-order valence-electron chi connectivity index (χ2n) is 6.09. The predicted molar refractivity (Wildman–Crippen MR) is 82.4 cm³/mol. The molecule has 0 aromatic heterocycles. The van der Waals surface area contributed by atoms with Crippen LogP contribution in [0.15, 0.2) is 0 Å². The number of carboxylic acids is 1. The lowest BCUT2D eigenvalue weighted by Crippen LogP contribution is -2.40. The van der Waals surface area contributed by atoms with Gasteiger partial charge < -0.3 is 20.2 Å². The van der Waals surface area contributed by atoms with E-state index in [4.69, 9.17) is 5.11 Å². The molecule has 6 heteroatoms. The maximum Gasteiger partial charge on any atom is 0.317 e. The van der Waals surface area contributed by atoms with Crippen LogP contribution in [0, 0.1) is 5.92 Å². The number of aliphatic carboxylic acids is 1. The summed E-state index contributed by atoms with van der Waals surface area (Å²) < 4.78 is 0. The van der Waals surface area contributed by atoms with Gasteiger partial charge in [0.1, 0.15) is 0 Å². The van der Waals surface area contributed by atoms with Crippen LogP contribution in [0.1, 0.15) is 38.5 Å². The van der Waals surface area contributed by atoms with E-state index in [9.17, 15) is 9.59 Å². The molecule has 1 aliphatic rings. The Labute approximate surface area is 127 Å². The number of nitrogens with zero attached hydrogens (tertiary/aromatic N) is 2. The van der Waals surface area contributed by atoms with E-state index in [2.05, 4.69) is 17.3 Å². The molecule has 1 rings (SSSR count). The topological polar surface area (TPSA) is 72.9 Å². The largest absolute Gasteiger partial charge is 0.481 e. The van der Waals surface area contributed by atoms with Crippen LogP contribution in [-0.4, -0.2) is 67.2 Å². The first kappa shape index (κ1) is 17.8. The number of hydrogen-bond acceptors (Lipinski definition) is 3. The maximum atomic E-state index is 11.9. The fourth-order valence-electron chi connectivity index (χ4n) is 2.73. The van der Waals surface area contributed by atoms with Crippen molar-refractivity contribution in [3.8, 4) is 0 Å². The van der Waals surface area contributed by atoms with E-state index in [1.54, 1.807) is 4.90 Å². The maximum absolute atomic E-state index is 11.9. The molecule has 1 aliphatic heterocycles. The molecule has 2 N–H and O–H groups in total. The Balaban J connectivity index is 2.01. The standard InChI is InChI=1S/C15H29N3O3/c1-17-10-8-13(11-17)12-18(2)15(21)16-9-6-4-3-5-7-14(19)20/h13H,3-12H2,1-2H3,(H,16,21)(H,19,20). The minimum atomic E-state index is -0.734. The molecule has 6 nitrogen and oxygen atoms in total. The SMILES string of the molecule is CN1CCC(CN(C)C(=O)NCCCCCCC(=O)O)C1. The number of hydrogen-bond donors (Lipinski definition) is 2. The first-order chi connectivity index (χ1) is 9.99. The molecule has 0 bridgehead atoms. The van der Waals surface area contributed by atoms with Gasteiger partial charge in [-0.05, 0) is 38.8 Å². The van der Waals surface area contributed by atoms with Crippen LogP contribution < -0.4 is 5.32 Å². The first-order valence-electron chi connectivity index (χ1n) is 7.88. The zero-order valence-corrected chi connectivity index (χ0v) is 13.3. The van der Waals surface area contributed by atoms with E-state index in [0.717, 1.165) is 51.7 Å². The fraction of sp³-hybridized carbons (Fsp3) is 0.867. The van der Waals surface area contributed by atoms with Crippen molar-refractivity contribution in [1.29, 1.82) is 0 Å². The van der Waals surface area contributed by atoms with E-state index in [1.165, 1.54) is 0 Å². The zero-order valence-electron chi connectivity index (χ0n) is 13.3. The number of urea groups is 1. The van der Waals surface area contributed by atoms with E-state index >= 15 is 0 Å². The van der Waals surface area contributed by atoms with Gasteiger partial charge in [0.2, 0.25) is 0 Å². The number of rotatable bonds is 9. The molecule has 1 saturated heterocycles. The van der Waals surface area contributed by atoms with Crippen LogP contribution in [-0.2, 0) is 4.79 Å². The number of carbonyl (C=O) groups is 2. The number of unbranched alkanes of at least 4 members (excludes halogenated alkanes) is 3. The number of likely N-dealkylation sites (tertiary alicyclic amines) is 1. The van der Waals surface area contributed by atoms with Crippen molar-refractivity contribution in [2.24, 2.45) is 5.92 Å². The third kappa shape index (κ3) is 7.90.